The molecule has 0 aromatic heterocycles. The average molecular weight is 192 g/mol. The minimum absolute atomic E-state index is 0.128. The van der Waals surface area contributed by atoms with E-state index >= 15 is 0 Å². The summed E-state index contributed by atoms with van der Waals surface area (Å²) in [6.07, 6.45) is -1.27. The molecule has 2 rings (SSSR count). The molecular formula is C9H14F2O2. The summed E-state index contributed by atoms with van der Waals surface area (Å²) in [6.45, 7) is 0.522. The highest BCUT2D eigenvalue weighted by Gasteiger charge is 2.54. The van der Waals surface area contributed by atoms with Gasteiger partial charge in [-0.3, -0.25) is 0 Å². The summed E-state index contributed by atoms with van der Waals surface area (Å²) in [6, 6.07) is 0. The quantitative estimate of drug-likeness (QED) is 0.719. The van der Waals surface area contributed by atoms with Gasteiger partial charge in [-0.05, 0) is 19.3 Å². The predicted molar refractivity (Wildman–Crippen MR) is 42.7 cm³/mol. The van der Waals surface area contributed by atoms with E-state index in [0.29, 0.717) is 19.4 Å². The number of fused-ring (bicyclic) bond motifs is 1. The SMILES string of the molecule is OC(C(F)F)C12CCC[C@H]1OCC2. The molecule has 2 unspecified atom stereocenters. The maximum absolute atomic E-state index is 12.4. The maximum atomic E-state index is 12.4. The van der Waals surface area contributed by atoms with E-state index in [0.717, 1.165) is 12.8 Å². The average Bonchev–Trinajstić information content (AvgIpc) is 2.59. The summed E-state index contributed by atoms with van der Waals surface area (Å²) >= 11 is 0. The Balaban J connectivity index is 2.17. The molecule has 1 N–H and O–H groups in total. The van der Waals surface area contributed by atoms with Gasteiger partial charge in [-0.25, -0.2) is 8.78 Å². The second-order valence-electron chi connectivity index (χ2n) is 4.01. The molecule has 1 heterocycles. The van der Waals surface area contributed by atoms with Gasteiger partial charge in [0, 0.05) is 12.0 Å². The van der Waals surface area contributed by atoms with Gasteiger partial charge in [0.1, 0.15) is 6.10 Å². The third kappa shape index (κ3) is 1.27. The Kier molecular flexibility index (Phi) is 2.28. The van der Waals surface area contributed by atoms with Crippen LogP contribution in [0.2, 0.25) is 0 Å². The van der Waals surface area contributed by atoms with Crippen molar-refractivity contribution in [3.8, 4) is 0 Å². The van der Waals surface area contributed by atoms with Crippen molar-refractivity contribution in [1.29, 1.82) is 0 Å². The minimum Gasteiger partial charge on any atom is -0.386 e. The number of ether oxygens (including phenoxy) is 1. The van der Waals surface area contributed by atoms with Crippen LogP contribution >= 0.6 is 0 Å². The van der Waals surface area contributed by atoms with E-state index in [1.54, 1.807) is 0 Å². The zero-order valence-corrected chi connectivity index (χ0v) is 7.38. The van der Waals surface area contributed by atoms with Crippen molar-refractivity contribution >= 4 is 0 Å². The van der Waals surface area contributed by atoms with Crippen molar-refractivity contribution < 1.29 is 18.6 Å². The molecule has 1 aliphatic carbocycles. The smallest absolute Gasteiger partial charge is 0.264 e. The molecule has 2 fully saturated rings. The lowest BCUT2D eigenvalue weighted by molar-refractivity contribution is -0.0988. The van der Waals surface area contributed by atoms with Gasteiger partial charge in [-0.1, -0.05) is 6.42 Å². The largest absolute Gasteiger partial charge is 0.386 e. The first-order valence-electron chi connectivity index (χ1n) is 4.75. The fourth-order valence-electron chi connectivity index (χ4n) is 2.73. The summed E-state index contributed by atoms with van der Waals surface area (Å²) < 4.78 is 30.2. The number of halogens is 2. The first kappa shape index (κ1) is 9.34. The molecule has 0 bridgehead atoms. The van der Waals surface area contributed by atoms with Gasteiger partial charge in [0.15, 0.2) is 0 Å². The Morgan fingerprint density at radius 1 is 1.38 bits per heavy atom. The molecule has 1 saturated carbocycles. The van der Waals surface area contributed by atoms with Crippen LogP contribution in [0.4, 0.5) is 8.78 Å². The maximum Gasteiger partial charge on any atom is 0.264 e. The van der Waals surface area contributed by atoms with Gasteiger partial charge in [0.25, 0.3) is 6.43 Å². The Bertz CT molecular complexity index is 186. The van der Waals surface area contributed by atoms with Crippen molar-refractivity contribution in [2.24, 2.45) is 5.41 Å². The molecular weight excluding hydrogens is 178 g/mol. The van der Waals surface area contributed by atoms with Crippen molar-refractivity contribution in [2.75, 3.05) is 6.61 Å². The van der Waals surface area contributed by atoms with E-state index in [2.05, 4.69) is 0 Å². The van der Waals surface area contributed by atoms with Gasteiger partial charge < -0.3 is 9.84 Å². The van der Waals surface area contributed by atoms with Gasteiger partial charge in [-0.15, -0.1) is 0 Å². The first-order valence-corrected chi connectivity index (χ1v) is 4.75. The second kappa shape index (κ2) is 3.17. The lowest BCUT2D eigenvalue weighted by Gasteiger charge is -2.32. The molecule has 0 aromatic carbocycles. The van der Waals surface area contributed by atoms with Crippen LogP contribution < -0.4 is 0 Å². The molecule has 0 amide bonds. The number of aliphatic hydroxyl groups is 1. The van der Waals surface area contributed by atoms with Crippen LogP contribution in [0.3, 0.4) is 0 Å². The minimum atomic E-state index is -2.64. The number of alkyl halides is 2. The van der Waals surface area contributed by atoms with Crippen molar-refractivity contribution in [3.05, 3.63) is 0 Å². The molecule has 3 atom stereocenters. The molecule has 4 heteroatoms. The number of aliphatic hydroxyl groups excluding tert-OH is 1. The molecule has 1 aliphatic heterocycles. The zero-order chi connectivity index (χ0) is 9.47. The van der Waals surface area contributed by atoms with E-state index in [1.807, 2.05) is 0 Å². The first-order chi connectivity index (χ1) is 6.17. The Morgan fingerprint density at radius 3 is 2.85 bits per heavy atom. The summed E-state index contributed by atoms with van der Waals surface area (Å²) in [5.41, 5.74) is -0.631. The third-order valence-electron chi connectivity index (χ3n) is 3.46. The lowest BCUT2D eigenvalue weighted by Crippen LogP contribution is -2.42. The highest BCUT2D eigenvalue weighted by atomic mass is 19.3. The highest BCUT2D eigenvalue weighted by molar-refractivity contribution is 5.01. The summed E-state index contributed by atoms with van der Waals surface area (Å²) in [5, 5.41) is 9.46. The van der Waals surface area contributed by atoms with Gasteiger partial charge in [0.2, 0.25) is 0 Å². The molecule has 2 nitrogen and oxygen atoms in total. The fourth-order valence-corrected chi connectivity index (χ4v) is 2.73. The van der Waals surface area contributed by atoms with Crippen LogP contribution in [-0.2, 0) is 4.74 Å². The van der Waals surface area contributed by atoms with Gasteiger partial charge in [0.05, 0.1) is 6.10 Å². The van der Waals surface area contributed by atoms with Crippen LogP contribution in [0.25, 0.3) is 0 Å². The number of hydrogen-bond acceptors (Lipinski definition) is 2. The Morgan fingerprint density at radius 2 is 2.15 bits per heavy atom. The Labute approximate surface area is 75.9 Å². The molecule has 0 spiro atoms. The standard InChI is InChI=1S/C9H14F2O2/c10-8(11)7(12)9-3-1-2-6(9)13-5-4-9/h6-8,12H,1-5H2/t6-,7?,9?/m1/s1. The summed E-state index contributed by atoms with van der Waals surface area (Å²) in [5.74, 6) is 0. The topological polar surface area (TPSA) is 29.5 Å². The van der Waals surface area contributed by atoms with Gasteiger partial charge >= 0.3 is 0 Å². The predicted octanol–water partition coefficient (Wildman–Crippen LogP) is 1.57. The summed E-state index contributed by atoms with van der Waals surface area (Å²) in [4.78, 5) is 0. The Hall–Kier alpha value is -0.220. The fraction of sp³-hybridized carbons (Fsp3) is 1.00. The monoisotopic (exact) mass is 192 g/mol. The molecule has 0 aromatic rings. The molecule has 13 heavy (non-hydrogen) atoms. The van der Waals surface area contributed by atoms with E-state index in [9.17, 15) is 13.9 Å². The van der Waals surface area contributed by atoms with E-state index < -0.39 is 17.9 Å². The molecule has 76 valence electrons. The van der Waals surface area contributed by atoms with Crippen LogP contribution in [0.1, 0.15) is 25.7 Å². The number of hydrogen-bond donors (Lipinski definition) is 1. The van der Waals surface area contributed by atoms with E-state index in [4.69, 9.17) is 4.74 Å². The van der Waals surface area contributed by atoms with Crippen molar-refractivity contribution in [1.82, 2.24) is 0 Å². The van der Waals surface area contributed by atoms with Crippen LogP contribution in [0.5, 0.6) is 0 Å². The molecule has 1 saturated heterocycles. The normalized spacial score (nSPS) is 41.1. The van der Waals surface area contributed by atoms with Crippen molar-refractivity contribution in [3.63, 3.8) is 0 Å². The zero-order valence-electron chi connectivity index (χ0n) is 7.38. The summed E-state index contributed by atoms with van der Waals surface area (Å²) in [7, 11) is 0. The molecule has 2 aliphatic rings. The second-order valence-corrected chi connectivity index (χ2v) is 4.01. The lowest BCUT2D eigenvalue weighted by atomic mass is 9.77. The van der Waals surface area contributed by atoms with E-state index in [1.165, 1.54) is 0 Å². The molecule has 0 radical (unpaired) electrons. The van der Waals surface area contributed by atoms with Gasteiger partial charge in [-0.2, -0.15) is 0 Å². The number of rotatable bonds is 2. The third-order valence-corrected chi connectivity index (χ3v) is 3.46. The van der Waals surface area contributed by atoms with Crippen LogP contribution in [0.15, 0.2) is 0 Å². The van der Waals surface area contributed by atoms with Crippen molar-refractivity contribution in [2.45, 2.75) is 44.3 Å². The van der Waals surface area contributed by atoms with Crippen LogP contribution in [-0.4, -0.2) is 30.3 Å². The highest BCUT2D eigenvalue weighted by Crippen LogP contribution is 2.50. The van der Waals surface area contributed by atoms with Crippen LogP contribution in [0, 0.1) is 5.41 Å². The van der Waals surface area contributed by atoms with E-state index in [-0.39, 0.29) is 6.10 Å².